The van der Waals surface area contributed by atoms with Gasteiger partial charge in [0.15, 0.2) is 0 Å². The van der Waals surface area contributed by atoms with Gasteiger partial charge in [-0.25, -0.2) is 0 Å². The fourth-order valence-corrected chi connectivity index (χ4v) is 1.75. The Morgan fingerprint density at radius 2 is 2.25 bits per heavy atom. The average molecular weight is 221 g/mol. The van der Waals surface area contributed by atoms with E-state index in [9.17, 15) is 0 Å². The van der Waals surface area contributed by atoms with Gasteiger partial charge in [0.1, 0.15) is 5.75 Å². The van der Waals surface area contributed by atoms with Crippen LogP contribution in [0.25, 0.3) is 0 Å². The monoisotopic (exact) mass is 221 g/mol. The van der Waals surface area contributed by atoms with Gasteiger partial charge in [0.05, 0.1) is 25.9 Å². The van der Waals surface area contributed by atoms with Crippen LogP contribution >= 0.6 is 0 Å². The van der Waals surface area contributed by atoms with Crippen LogP contribution in [0.2, 0.25) is 0 Å². The number of hydrogen-bond donors (Lipinski definition) is 1. The van der Waals surface area contributed by atoms with Crippen LogP contribution in [0.3, 0.4) is 0 Å². The molecule has 16 heavy (non-hydrogen) atoms. The van der Waals surface area contributed by atoms with E-state index < -0.39 is 0 Å². The fraction of sp³-hybridized carbons (Fsp3) is 0.538. The van der Waals surface area contributed by atoms with Crippen molar-refractivity contribution >= 4 is 0 Å². The lowest BCUT2D eigenvalue weighted by molar-refractivity contribution is -0.00446. The molecule has 1 aromatic rings. The summed E-state index contributed by atoms with van der Waals surface area (Å²) in [6, 6.07) is 7.79. The second-order valence-electron chi connectivity index (χ2n) is 4.27. The second kappa shape index (κ2) is 5.32. The third-order valence-electron chi connectivity index (χ3n) is 3.09. The summed E-state index contributed by atoms with van der Waals surface area (Å²) in [6.45, 7) is 0.595. The van der Waals surface area contributed by atoms with Gasteiger partial charge in [0.25, 0.3) is 0 Å². The molecular formula is C13H19NO2. The van der Waals surface area contributed by atoms with E-state index in [-0.39, 0.29) is 6.04 Å². The summed E-state index contributed by atoms with van der Waals surface area (Å²) < 4.78 is 10.9. The van der Waals surface area contributed by atoms with Gasteiger partial charge < -0.3 is 15.2 Å². The lowest BCUT2D eigenvalue weighted by Gasteiger charge is -2.27. The van der Waals surface area contributed by atoms with E-state index in [4.69, 9.17) is 15.2 Å². The highest BCUT2D eigenvalue weighted by molar-refractivity contribution is 5.30. The van der Waals surface area contributed by atoms with Gasteiger partial charge in [-0.3, -0.25) is 0 Å². The molecule has 1 atom stereocenters. The van der Waals surface area contributed by atoms with Crippen LogP contribution < -0.4 is 10.5 Å². The van der Waals surface area contributed by atoms with Gasteiger partial charge in [-0.1, -0.05) is 12.1 Å². The molecule has 0 spiro atoms. The number of benzene rings is 1. The van der Waals surface area contributed by atoms with E-state index in [0.717, 1.165) is 11.3 Å². The molecule has 0 heterocycles. The molecule has 1 fully saturated rings. The maximum atomic E-state index is 6.07. The highest BCUT2D eigenvalue weighted by Crippen LogP contribution is 2.24. The maximum absolute atomic E-state index is 6.07. The first-order valence-corrected chi connectivity index (χ1v) is 5.80. The van der Waals surface area contributed by atoms with Gasteiger partial charge in [0, 0.05) is 0 Å². The van der Waals surface area contributed by atoms with E-state index in [1.165, 1.54) is 19.3 Å². The Morgan fingerprint density at radius 1 is 1.44 bits per heavy atom. The molecule has 88 valence electrons. The van der Waals surface area contributed by atoms with Crippen LogP contribution in [0.1, 0.15) is 30.9 Å². The first-order chi connectivity index (χ1) is 7.79. The summed E-state index contributed by atoms with van der Waals surface area (Å²) in [5, 5.41) is 0. The lowest BCUT2D eigenvalue weighted by atomic mass is 9.96. The lowest BCUT2D eigenvalue weighted by Crippen LogP contribution is -2.26. The predicted molar refractivity (Wildman–Crippen MR) is 63.5 cm³/mol. The molecule has 3 nitrogen and oxygen atoms in total. The summed E-state index contributed by atoms with van der Waals surface area (Å²) in [7, 11) is 1.66. The Morgan fingerprint density at radius 3 is 2.88 bits per heavy atom. The van der Waals surface area contributed by atoms with Crippen LogP contribution in [0, 0.1) is 0 Å². The van der Waals surface area contributed by atoms with Gasteiger partial charge in [-0.15, -0.1) is 0 Å². The molecule has 0 aromatic heterocycles. The SMILES string of the molecule is COc1cccc(C(N)COC2CCC2)c1. The smallest absolute Gasteiger partial charge is 0.119 e. The number of ether oxygens (including phenoxy) is 2. The van der Waals surface area contributed by atoms with Gasteiger partial charge in [-0.05, 0) is 37.0 Å². The van der Waals surface area contributed by atoms with Crippen molar-refractivity contribution in [2.45, 2.75) is 31.4 Å². The van der Waals surface area contributed by atoms with Crippen LogP contribution in [0.15, 0.2) is 24.3 Å². The van der Waals surface area contributed by atoms with Gasteiger partial charge in [-0.2, -0.15) is 0 Å². The number of methoxy groups -OCH3 is 1. The molecule has 0 aliphatic heterocycles. The van der Waals surface area contributed by atoms with Crippen molar-refractivity contribution in [3.8, 4) is 5.75 Å². The topological polar surface area (TPSA) is 44.5 Å². The molecule has 0 radical (unpaired) electrons. The zero-order chi connectivity index (χ0) is 11.4. The van der Waals surface area contributed by atoms with E-state index in [1.54, 1.807) is 7.11 Å². The molecule has 0 amide bonds. The molecule has 2 rings (SSSR count). The second-order valence-corrected chi connectivity index (χ2v) is 4.27. The summed E-state index contributed by atoms with van der Waals surface area (Å²) in [6.07, 6.45) is 4.10. The van der Waals surface area contributed by atoms with Crippen molar-refractivity contribution in [1.82, 2.24) is 0 Å². The Labute approximate surface area is 96.5 Å². The molecule has 2 N–H and O–H groups in total. The Kier molecular flexibility index (Phi) is 3.80. The molecular weight excluding hydrogens is 202 g/mol. The summed E-state index contributed by atoms with van der Waals surface area (Å²) in [4.78, 5) is 0. The Hall–Kier alpha value is -1.06. The van der Waals surface area contributed by atoms with Crippen molar-refractivity contribution in [3.63, 3.8) is 0 Å². The van der Waals surface area contributed by atoms with E-state index in [2.05, 4.69) is 0 Å². The number of rotatable bonds is 5. The van der Waals surface area contributed by atoms with E-state index >= 15 is 0 Å². The minimum atomic E-state index is -0.0595. The van der Waals surface area contributed by atoms with E-state index in [0.29, 0.717) is 12.7 Å². The molecule has 0 bridgehead atoms. The average Bonchev–Trinajstić information content (AvgIpc) is 2.27. The molecule has 3 heteroatoms. The van der Waals surface area contributed by atoms with Crippen LogP contribution in [-0.4, -0.2) is 19.8 Å². The van der Waals surface area contributed by atoms with Gasteiger partial charge >= 0.3 is 0 Å². The van der Waals surface area contributed by atoms with Crippen LogP contribution in [0.4, 0.5) is 0 Å². The first kappa shape index (κ1) is 11.4. The third-order valence-corrected chi connectivity index (χ3v) is 3.09. The Bertz CT molecular complexity index is 336. The van der Waals surface area contributed by atoms with E-state index in [1.807, 2.05) is 24.3 Å². The summed E-state index contributed by atoms with van der Waals surface area (Å²) >= 11 is 0. The van der Waals surface area contributed by atoms with Crippen molar-refractivity contribution in [3.05, 3.63) is 29.8 Å². The maximum Gasteiger partial charge on any atom is 0.119 e. The zero-order valence-corrected chi connectivity index (χ0v) is 9.69. The van der Waals surface area contributed by atoms with Crippen molar-refractivity contribution < 1.29 is 9.47 Å². The summed E-state index contributed by atoms with van der Waals surface area (Å²) in [5.74, 6) is 0.844. The highest BCUT2D eigenvalue weighted by Gasteiger charge is 2.19. The number of nitrogens with two attached hydrogens (primary N) is 1. The van der Waals surface area contributed by atoms with Crippen molar-refractivity contribution in [2.24, 2.45) is 5.73 Å². The third kappa shape index (κ3) is 2.74. The number of hydrogen-bond acceptors (Lipinski definition) is 3. The quantitative estimate of drug-likeness (QED) is 0.829. The predicted octanol–water partition coefficient (Wildman–Crippen LogP) is 2.26. The van der Waals surface area contributed by atoms with Gasteiger partial charge in [0.2, 0.25) is 0 Å². The Balaban J connectivity index is 1.88. The normalized spacial score (nSPS) is 17.9. The zero-order valence-electron chi connectivity index (χ0n) is 9.69. The summed E-state index contributed by atoms with van der Waals surface area (Å²) in [5.41, 5.74) is 7.13. The molecule has 1 aliphatic carbocycles. The highest BCUT2D eigenvalue weighted by atomic mass is 16.5. The molecule has 0 saturated heterocycles. The van der Waals surface area contributed by atoms with Crippen molar-refractivity contribution in [1.29, 1.82) is 0 Å². The minimum absolute atomic E-state index is 0.0595. The van der Waals surface area contributed by atoms with Crippen LogP contribution in [-0.2, 0) is 4.74 Å². The largest absolute Gasteiger partial charge is 0.497 e. The first-order valence-electron chi connectivity index (χ1n) is 5.80. The standard InChI is InChI=1S/C13H19NO2/c1-15-12-7-2-4-10(8-12)13(14)9-16-11-5-3-6-11/h2,4,7-8,11,13H,3,5-6,9,14H2,1H3. The molecule has 1 saturated carbocycles. The fourth-order valence-electron chi connectivity index (χ4n) is 1.75. The molecule has 1 unspecified atom stereocenters. The molecule has 1 aromatic carbocycles. The van der Waals surface area contributed by atoms with Crippen molar-refractivity contribution in [2.75, 3.05) is 13.7 Å². The molecule has 1 aliphatic rings. The minimum Gasteiger partial charge on any atom is -0.497 e. The van der Waals surface area contributed by atoms with Crippen LogP contribution in [0.5, 0.6) is 5.75 Å².